The largest absolute Gasteiger partial charge is 0.493 e. The molecule has 2 amide bonds. The number of ether oxygens (including phenoxy) is 2. The maximum absolute atomic E-state index is 13.2. The molecule has 1 saturated heterocycles. The molecule has 0 spiro atoms. The Balaban J connectivity index is 0.00000380. The van der Waals surface area contributed by atoms with Crippen LogP contribution < -0.4 is 19.8 Å². The molecule has 37 heavy (non-hydrogen) atoms. The molecule has 1 unspecified atom stereocenters. The standard InChI is InChI=1S/C27H34N4O5.ClH/c1-4-36-25-18-20(9-12-24(25)35-3)23-6-5-15-30(28-23)26(32)19-7-10-21(11-8-19)31(27(33)34)22-13-16-29(2)17-14-22;/h5,7-12,15,18,22-23,28H,4,6,13-14,16-17H2,1-3H3,(H,33,34);1H. The summed E-state index contributed by atoms with van der Waals surface area (Å²) < 4.78 is 11.1. The quantitative estimate of drug-likeness (QED) is 0.536. The number of amides is 2. The van der Waals surface area contributed by atoms with E-state index in [1.807, 2.05) is 38.2 Å². The minimum absolute atomic E-state index is 0. The van der Waals surface area contributed by atoms with Gasteiger partial charge in [0, 0.05) is 23.5 Å². The molecule has 0 saturated carbocycles. The van der Waals surface area contributed by atoms with Crippen LogP contribution in [0.1, 0.15) is 48.1 Å². The van der Waals surface area contributed by atoms with E-state index in [9.17, 15) is 14.7 Å². The minimum Gasteiger partial charge on any atom is -0.493 e. The Morgan fingerprint density at radius 3 is 2.43 bits per heavy atom. The first-order valence-corrected chi connectivity index (χ1v) is 12.3. The molecule has 1 atom stereocenters. The lowest BCUT2D eigenvalue weighted by atomic mass is 10.0. The monoisotopic (exact) mass is 530 g/mol. The lowest BCUT2D eigenvalue weighted by molar-refractivity contribution is 0.0713. The van der Waals surface area contributed by atoms with Crippen molar-refractivity contribution in [1.82, 2.24) is 15.3 Å². The number of nitrogens with zero attached hydrogens (tertiary/aromatic N) is 3. The highest BCUT2D eigenvalue weighted by atomic mass is 35.5. The Labute approximate surface area is 224 Å². The summed E-state index contributed by atoms with van der Waals surface area (Å²) >= 11 is 0. The second-order valence-corrected chi connectivity index (χ2v) is 9.05. The van der Waals surface area contributed by atoms with Crippen molar-refractivity contribution < 1.29 is 24.2 Å². The highest BCUT2D eigenvalue weighted by molar-refractivity contribution is 5.95. The normalized spacial score (nSPS) is 18.1. The predicted molar refractivity (Wildman–Crippen MR) is 145 cm³/mol. The molecule has 1 fully saturated rings. The number of halogens is 1. The van der Waals surface area contributed by atoms with Crippen molar-refractivity contribution in [2.75, 3.05) is 38.8 Å². The lowest BCUT2D eigenvalue weighted by Crippen LogP contribution is -2.46. The molecule has 200 valence electrons. The molecule has 10 heteroatoms. The van der Waals surface area contributed by atoms with Gasteiger partial charge in [-0.05, 0) is 88.3 Å². The SMILES string of the molecule is CCOc1cc(C2CC=CN(C(=O)c3ccc(N(C(=O)O)C4CCN(C)CC4)cc3)N2)ccc1OC.Cl. The fourth-order valence-electron chi connectivity index (χ4n) is 4.72. The zero-order valence-corrected chi connectivity index (χ0v) is 22.2. The Morgan fingerprint density at radius 2 is 1.81 bits per heavy atom. The third kappa shape index (κ3) is 6.54. The van der Waals surface area contributed by atoms with E-state index in [0.717, 1.165) is 31.5 Å². The molecule has 2 aromatic rings. The molecule has 0 radical (unpaired) electrons. The van der Waals surface area contributed by atoms with Gasteiger partial charge in [0.05, 0.1) is 19.8 Å². The van der Waals surface area contributed by atoms with Crippen LogP contribution in [0.3, 0.4) is 0 Å². The smallest absolute Gasteiger partial charge is 0.412 e. The molecule has 0 aliphatic carbocycles. The number of methoxy groups -OCH3 is 1. The van der Waals surface area contributed by atoms with Gasteiger partial charge < -0.3 is 19.5 Å². The number of piperidine rings is 1. The summed E-state index contributed by atoms with van der Waals surface area (Å²) in [5.74, 6) is 1.10. The molecular weight excluding hydrogens is 496 g/mol. The molecule has 4 rings (SSSR count). The summed E-state index contributed by atoms with van der Waals surface area (Å²) in [4.78, 5) is 28.9. The highest BCUT2D eigenvalue weighted by Crippen LogP contribution is 2.32. The van der Waals surface area contributed by atoms with Gasteiger partial charge in [0.1, 0.15) is 0 Å². The van der Waals surface area contributed by atoms with Crippen LogP contribution in [0, 0.1) is 0 Å². The van der Waals surface area contributed by atoms with Crippen LogP contribution in [0.25, 0.3) is 0 Å². The number of hydrazine groups is 1. The van der Waals surface area contributed by atoms with Crippen molar-refractivity contribution in [3.63, 3.8) is 0 Å². The molecule has 2 aliphatic heterocycles. The first-order valence-electron chi connectivity index (χ1n) is 12.3. The molecule has 2 N–H and O–H groups in total. The van der Waals surface area contributed by atoms with Crippen molar-refractivity contribution in [1.29, 1.82) is 0 Å². The third-order valence-corrected chi connectivity index (χ3v) is 6.68. The fraction of sp³-hybridized carbons (Fsp3) is 0.407. The molecule has 0 aromatic heterocycles. The van der Waals surface area contributed by atoms with E-state index in [1.165, 1.54) is 9.91 Å². The number of likely N-dealkylation sites (tertiary alicyclic amines) is 1. The molecule has 2 heterocycles. The highest BCUT2D eigenvalue weighted by Gasteiger charge is 2.29. The molecule has 2 aromatic carbocycles. The number of hydrogen-bond donors (Lipinski definition) is 2. The van der Waals surface area contributed by atoms with Gasteiger partial charge in [-0.2, -0.15) is 0 Å². The van der Waals surface area contributed by atoms with Crippen molar-refractivity contribution in [3.05, 3.63) is 65.9 Å². The topological polar surface area (TPSA) is 94.6 Å². The Hall–Kier alpha value is -3.27. The Bertz CT molecular complexity index is 1100. The van der Waals surface area contributed by atoms with E-state index in [2.05, 4.69) is 10.3 Å². The number of carbonyl (C=O) groups excluding carboxylic acids is 1. The minimum atomic E-state index is -0.974. The number of hydrogen-bond acceptors (Lipinski definition) is 6. The first kappa shape index (κ1) is 28.3. The van der Waals surface area contributed by atoms with Gasteiger partial charge in [-0.1, -0.05) is 12.1 Å². The summed E-state index contributed by atoms with van der Waals surface area (Å²) in [6, 6.07) is 12.4. The van der Waals surface area contributed by atoms with Gasteiger partial charge in [-0.3, -0.25) is 9.69 Å². The van der Waals surface area contributed by atoms with Crippen molar-refractivity contribution in [3.8, 4) is 11.5 Å². The second-order valence-electron chi connectivity index (χ2n) is 9.05. The average Bonchev–Trinajstić information content (AvgIpc) is 2.90. The van der Waals surface area contributed by atoms with Crippen molar-refractivity contribution in [2.45, 2.75) is 38.3 Å². The van der Waals surface area contributed by atoms with Crippen LogP contribution in [0.2, 0.25) is 0 Å². The Kier molecular flexibility index (Phi) is 9.79. The van der Waals surface area contributed by atoms with Gasteiger partial charge in [0.15, 0.2) is 11.5 Å². The van der Waals surface area contributed by atoms with Crippen LogP contribution >= 0.6 is 12.4 Å². The van der Waals surface area contributed by atoms with Crippen LogP contribution in [-0.2, 0) is 0 Å². The number of rotatable bonds is 7. The van der Waals surface area contributed by atoms with Gasteiger partial charge in [-0.25, -0.2) is 15.2 Å². The van der Waals surface area contributed by atoms with E-state index >= 15 is 0 Å². The Morgan fingerprint density at radius 1 is 1.11 bits per heavy atom. The van der Waals surface area contributed by atoms with E-state index in [-0.39, 0.29) is 30.4 Å². The number of benzene rings is 2. The second kappa shape index (κ2) is 12.8. The van der Waals surface area contributed by atoms with Crippen molar-refractivity contribution >= 4 is 30.1 Å². The molecule has 2 aliphatic rings. The van der Waals surface area contributed by atoms with Gasteiger partial charge in [0.2, 0.25) is 0 Å². The number of carboxylic acid groups (broad SMARTS) is 1. The molecule has 0 bridgehead atoms. The van der Waals surface area contributed by atoms with E-state index in [0.29, 0.717) is 35.8 Å². The first-order chi connectivity index (χ1) is 17.4. The number of anilines is 1. The van der Waals surface area contributed by atoms with E-state index in [1.54, 1.807) is 37.6 Å². The summed E-state index contributed by atoms with van der Waals surface area (Å²) in [7, 11) is 3.65. The fourth-order valence-corrected chi connectivity index (χ4v) is 4.72. The zero-order valence-electron chi connectivity index (χ0n) is 21.4. The average molecular weight is 531 g/mol. The maximum atomic E-state index is 13.2. The van der Waals surface area contributed by atoms with Crippen LogP contribution in [0.4, 0.5) is 10.5 Å². The predicted octanol–water partition coefficient (Wildman–Crippen LogP) is 4.70. The molecule has 9 nitrogen and oxygen atoms in total. The summed E-state index contributed by atoms with van der Waals surface area (Å²) in [5, 5.41) is 11.3. The zero-order chi connectivity index (χ0) is 25.7. The van der Waals surface area contributed by atoms with Gasteiger partial charge in [-0.15, -0.1) is 12.4 Å². The summed E-state index contributed by atoms with van der Waals surface area (Å²) in [5.41, 5.74) is 5.30. The lowest BCUT2D eigenvalue weighted by Gasteiger charge is -2.35. The van der Waals surface area contributed by atoms with Crippen molar-refractivity contribution in [2.24, 2.45) is 0 Å². The van der Waals surface area contributed by atoms with Gasteiger partial charge in [0.25, 0.3) is 5.91 Å². The number of nitrogens with one attached hydrogen (secondary N) is 1. The van der Waals surface area contributed by atoms with Crippen LogP contribution in [-0.4, -0.2) is 66.9 Å². The summed E-state index contributed by atoms with van der Waals surface area (Å²) in [6.45, 7) is 4.16. The van der Waals surface area contributed by atoms with Crippen LogP contribution in [0.15, 0.2) is 54.7 Å². The van der Waals surface area contributed by atoms with E-state index < -0.39 is 6.09 Å². The molecular formula is C27H35ClN4O5. The van der Waals surface area contributed by atoms with Gasteiger partial charge >= 0.3 is 6.09 Å². The number of carbonyl (C=O) groups is 2. The maximum Gasteiger partial charge on any atom is 0.412 e. The van der Waals surface area contributed by atoms with Crippen LogP contribution in [0.5, 0.6) is 11.5 Å². The third-order valence-electron chi connectivity index (χ3n) is 6.68. The van der Waals surface area contributed by atoms with E-state index in [4.69, 9.17) is 9.47 Å². The summed E-state index contributed by atoms with van der Waals surface area (Å²) in [6.07, 6.45) is 4.97.